The van der Waals surface area contributed by atoms with Gasteiger partial charge in [-0.2, -0.15) is 0 Å². The van der Waals surface area contributed by atoms with Crippen molar-refractivity contribution in [3.8, 4) is 28.1 Å². The molecule has 8 aromatic rings. The number of para-hydroxylation sites is 2. The zero-order chi connectivity index (χ0) is 33.7. The molecule has 1 saturated heterocycles. The van der Waals surface area contributed by atoms with Crippen molar-refractivity contribution in [3.63, 3.8) is 0 Å². The molecular formula is C42H32N4O2S. The molecule has 1 fully saturated rings. The van der Waals surface area contributed by atoms with E-state index >= 15 is 0 Å². The monoisotopic (exact) mass is 656 g/mol. The molecule has 1 aliphatic rings. The Balaban J connectivity index is 1.24. The number of carbonyl (C=O) groups excluding carboxylic acids is 2. The van der Waals surface area contributed by atoms with E-state index in [9.17, 15) is 9.59 Å². The van der Waals surface area contributed by atoms with E-state index in [1.165, 1.54) is 15.7 Å². The standard InChI is InChI=1S/C42H32N4O2S/c1-41(2)38(47)46(39(48)42(41,3)4)40-43-36(35-30-18-9-11-20-34(30)49-37(35)44-40)27-14-12-13-25(23-27)26-21-22-33-31(24-26)29-17-8-10-19-32(29)45(33)28-15-6-5-7-16-28/h5-24H,1-4H3. The first kappa shape index (κ1) is 29.5. The van der Waals surface area contributed by atoms with Gasteiger partial charge in [0.05, 0.1) is 27.6 Å². The first-order valence-corrected chi connectivity index (χ1v) is 17.2. The van der Waals surface area contributed by atoms with Crippen molar-refractivity contribution in [1.29, 1.82) is 0 Å². The maximum atomic E-state index is 13.8. The van der Waals surface area contributed by atoms with Crippen molar-refractivity contribution in [2.24, 2.45) is 10.8 Å². The van der Waals surface area contributed by atoms with Crippen molar-refractivity contribution in [2.75, 3.05) is 4.90 Å². The first-order chi connectivity index (χ1) is 23.6. The van der Waals surface area contributed by atoms with E-state index in [4.69, 9.17) is 9.97 Å². The number of fused-ring (bicyclic) bond motifs is 6. The zero-order valence-electron chi connectivity index (χ0n) is 27.6. The summed E-state index contributed by atoms with van der Waals surface area (Å²) in [4.78, 5) is 39.4. The van der Waals surface area contributed by atoms with E-state index in [0.717, 1.165) is 53.7 Å². The van der Waals surface area contributed by atoms with E-state index in [-0.39, 0.29) is 17.8 Å². The summed E-state index contributed by atoms with van der Waals surface area (Å²) >= 11 is 1.55. The largest absolute Gasteiger partial charge is 0.309 e. The second-order valence-electron chi connectivity index (χ2n) is 13.8. The van der Waals surface area contributed by atoms with Crippen LogP contribution in [0.4, 0.5) is 5.95 Å². The number of amides is 2. The lowest BCUT2D eigenvalue weighted by atomic mass is 9.70. The molecule has 5 aromatic carbocycles. The van der Waals surface area contributed by atoms with Gasteiger partial charge in [0.2, 0.25) is 17.8 Å². The van der Waals surface area contributed by atoms with Gasteiger partial charge in [0.1, 0.15) is 4.83 Å². The van der Waals surface area contributed by atoms with E-state index in [2.05, 4.69) is 95.6 Å². The maximum absolute atomic E-state index is 13.8. The Labute approximate surface area is 287 Å². The quantitative estimate of drug-likeness (QED) is 0.177. The molecule has 1 aliphatic heterocycles. The van der Waals surface area contributed by atoms with Gasteiger partial charge in [-0.3, -0.25) is 9.59 Å². The fourth-order valence-electron chi connectivity index (χ4n) is 7.14. The molecule has 0 bridgehead atoms. The summed E-state index contributed by atoms with van der Waals surface area (Å²) in [6, 6.07) is 42.2. The first-order valence-electron chi connectivity index (χ1n) is 16.4. The van der Waals surface area contributed by atoms with Crippen LogP contribution in [-0.4, -0.2) is 26.3 Å². The maximum Gasteiger partial charge on any atom is 0.242 e. The number of hydrogen-bond donors (Lipinski definition) is 0. The van der Waals surface area contributed by atoms with E-state index in [1.807, 2.05) is 58.0 Å². The zero-order valence-corrected chi connectivity index (χ0v) is 28.4. The van der Waals surface area contributed by atoms with Crippen LogP contribution in [0.3, 0.4) is 0 Å². The van der Waals surface area contributed by atoms with Gasteiger partial charge >= 0.3 is 0 Å². The number of anilines is 1. The van der Waals surface area contributed by atoms with Crippen LogP contribution in [0.2, 0.25) is 0 Å². The molecule has 9 rings (SSSR count). The highest BCUT2D eigenvalue weighted by Gasteiger charge is 2.60. The molecule has 0 aliphatic carbocycles. The minimum absolute atomic E-state index is 0.128. The third-order valence-corrected chi connectivity index (χ3v) is 11.7. The van der Waals surface area contributed by atoms with Crippen LogP contribution >= 0.6 is 11.3 Å². The normalized spacial score (nSPS) is 15.7. The minimum atomic E-state index is -0.898. The molecule has 0 spiro atoms. The lowest BCUT2D eigenvalue weighted by molar-refractivity contribution is -0.129. The molecule has 0 N–H and O–H groups in total. The van der Waals surface area contributed by atoms with Crippen molar-refractivity contribution in [1.82, 2.24) is 14.5 Å². The second kappa shape index (κ2) is 10.4. The van der Waals surface area contributed by atoms with E-state index in [1.54, 1.807) is 11.3 Å². The Morgan fingerprint density at radius 2 is 1.20 bits per heavy atom. The molecule has 6 nitrogen and oxygen atoms in total. The van der Waals surface area contributed by atoms with Crippen LogP contribution in [0.5, 0.6) is 0 Å². The van der Waals surface area contributed by atoms with Gasteiger partial charge in [-0.15, -0.1) is 11.3 Å². The van der Waals surface area contributed by atoms with Crippen LogP contribution < -0.4 is 4.90 Å². The molecule has 4 heterocycles. The minimum Gasteiger partial charge on any atom is -0.309 e. The number of aromatic nitrogens is 3. The number of benzene rings is 5. The molecule has 0 saturated carbocycles. The van der Waals surface area contributed by atoms with Crippen LogP contribution in [0.25, 0.3) is 70.2 Å². The average Bonchev–Trinajstić information content (AvgIpc) is 3.70. The Bertz CT molecular complexity index is 2640. The molecule has 0 atom stereocenters. The number of imide groups is 1. The number of thiophene rings is 1. The highest BCUT2D eigenvalue weighted by atomic mass is 32.1. The van der Waals surface area contributed by atoms with Gasteiger partial charge in [0, 0.05) is 37.5 Å². The number of carbonyl (C=O) groups is 2. The third kappa shape index (κ3) is 4.18. The molecule has 49 heavy (non-hydrogen) atoms. The van der Waals surface area contributed by atoms with Gasteiger partial charge < -0.3 is 4.57 Å². The van der Waals surface area contributed by atoms with Crippen LogP contribution in [0.1, 0.15) is 27.7 Å². The summed E-state index contributed by atoms with van der Waals surface area (Å²) < 4.78 is 3.39. The number of hydrogen-bond acceptors (Lipinski definition) is 5. The SMILES string of the molecule is CC1(C)C(=O)N(c2nc(-c3cccc(-c4ccc5c(c4)c4ccccc4n5-c4ccccc4)c3)c3c(n2)sc2ccccc23)C(=O)C1(C)C. The Morgan fingerprint density at radius 3 is 1.98 bits per heavy atom. The van der Waals surface area contributed by atoms with Crippen molar-refractivity contribution in [2.45, 2.75) is 27.7 Å². The van der Waals surface area contributed by atoms with E-state index in [0.29, 0.717) is 5.69 Å². The van der Waals surface area contributed by atoms with Gasteiger partial charge in [0.25, 0.3) is 0 Å². The highest BCUT2D eigenvalue weighted by molar-refractivity contribution is 7.25. The molecule has 0 radical (unpaired) electrons. The highest BCUT2D eigenvalue weighted by Crippen LogP contribution is 2.49. The third-order valence-electron chi connectivity index (χ3n) is 10.6. The van der Waals surface area contributed by atoms with E-state index < -0.39 is 10.8 Å². The molecule has 238 valence electrons. The van der Waals surface area contributed by atoms with Crippen molar-refractivity contribution < 1.29 is 9.59 Å². The van der Waals surface area contributed by atoms with Crippen molar-refractivity contribution >= 4 is 71.2 Å². The van der Waals surface area contributed by atoms with Crippen LogP contribution in [-0.2, 0) is 9.59 Å². The Hall–Kier alpha value is -5.66. The fraction of sp³-hybridized carbons (Fsp3) is 0.143. The summed E-state index contributed by atoms with van der Waals surface area (Å²) in [7, 11) is 0. The number of rotatable bonds is 4. The summed E-state index contributed by atoms with van der Waals surface area (Å²) in [6.45, 7) is 7.29. The topological polar surface area (TPSA) is 68.1 Å². The van der Waals surface area contributed by atoms with Gasteiger partial charge in [-0.1, -0.05) is 78.9 Å². The molecule has 2 amide bonds. The second-order valence-corrected chi connectivity index (χ2v) is 14.9. The molecular weight excluding hydrogens is 625 g/mol. The van der Waals surface area contributed by atoms with Gasteiger partial charge in [-0.25, -0.2) is 14.9 Å². The fourth-order valence-corrected chi connectivity index (χ4v) is 8.21. The summed E-state index contributed by atoms with van der Waals surface area (Å²) in [5, 5.41) is 4.33. The lowest BCUT2D eigenvalue weighted by Gasteiger charge is -2.28. The predicted molar refractivity (Wildman–Crippen MR) is 200 cm³/mol. The molecule has 7 heteroatoms. The summed E-state index contributed by atoms with van der Waals surface area (Å²) in [6.07, 6.45) is 0. The number of nitrogens with zero attached hydrogens (tertiary/aromatic N) is 4. The summed E-state index contributed by atoms with van der Waals surface area (Å²) in [5.74, 6) is -0.445. The lowest BCUT2D eigenvalue weighted by Crippen LogP contribution is -2.35. The smallest absolute Gasteiger partial charge is 0.242 e. The van der Waals surface area contributed by atoms with Crippen LogP contribution in [0, 0.1) is 10.8 Å². The summed E-state index contributed by atoms with van der Waals surface area (Å²) in [5.41, 5.74) is 5.34. The Morgan fingerprint density at radius 1 is 0.571 bits per heavy atom. The van der Waals surface area contributed by atoms with Crippen molar-refractivity contribution in [3.05, 3.63) is 121 Å². The van der Waals surface area contributed by atoms with Crippen LogP contribution in [0.15, 0.2) is 121 Å². The average molecular weight is 657 g/mol. The Kier molecular flexibility index (Phi) is 6.27. The van der Waals surface area contributed by atoms with Gasteiger partial charge in [0.15, 0.2) is 0 Å². The molecule has 3 aromatic heterocycles. The van der Waals surface area contributed by atoms with Gasteiger partial charge in [-0.05, 0) is 81.3 Å². The molecule has 0 unspecified atom stereocenters. The predicted octanol–water partition coefficient (Wildman–Crippen LogP) is 10.2.